The molecule has 3 N–H and O–H groups in total. The van der Waals surface area contributed by atoms with E-state index in [1.54, 1.807) is 0 Å². The summed E-state index contributed by atoms with van der Waals surface area (Å²) in [6.07, 6.45) is 4.53. The van der Waals surface area contributed by atoms with Gasteiger partial charge in [-0.15, -0.1) is 5.10 Å². The second-order valence-corrected chi connectivity index (χ2v) is 3.99. The summed E-state index contributed by atoms with van der Waals surface area (Å²) in [6, 6.07) is -0.120. The molecule has 1 aromatic rings. The van der Waals surface area contributed by atoms with Crippen LogP contribution in [0.2, 0.25) is 0 Å². The van der Waals surface area contributed by atoms with Gasteiger partial charge >= 0.3 is 5.82 Å². The highest BCUT2D eigenvalue weighted by molar-refractivity contribution is 5.56. The standard InChI is InChI=1S/C9H14N4O3/c14-8-4-2-1-3-6(8)11-7-5-10-12-9(7)13(15)16/h5-6,8,11,14H,1-4H2,(H,10,12). The Labute approximate surface area is 92.0 Å². The quantitative estimate of drug-likeness (QED) is 0.527. The topological polar surface area (TPSA) is 104 Å². The minimum absolute atomic E-state index is 0.120. The van der Waals surface area contributed by atoms with Gasteiger partial charge in [0.2, 0.25) is 0 Å². The fourth-order valence-electron chi connectivity index (χ4n) is 2.00. The van der Waals surface area contributed by atoms with E-state index in [0.717, 1.165) is 25.7 Å². The predicted molar refractivity (Wildman–Crippen MR) is 57.1 cm³/mol. The van der Waals surface area contributed by atoms with Crippen LogP contribution in [0.3, 0.4) is 0 Å². The lowest BCUT2D eigenvalue weighted by molar-refractivity contribution is -0.388. The zero-order valence-electron chi connectivity index (χ0n) is 8.72. The van der Waals surface area contributed by atoms with Gasteiger partial charge in [-0.05, 0) is 17.8 Å². The molecule has 0 bridgehead atoms. The number of hydrogen-bond donors (Lipinski definition) is 3. The highest BCUT2D eigenvalue weighted by atomic mass is 16.6. The third-order valence-corrected chi connectivity index (χ3v) is 2.87. The van der Waals surface area contributed by atoms with Crippen LogP contribution in [0.15, 0.2) is 6.20 Å². The van der Waals surface area contributed by atoms with Crippen molar-refractivity contribution >= 4 is 11.5 Å². The van der Waals surface area contributed by atoms with E-state index in [0.29, 0.717) is 5.69 Å². The molecule has 0 spiro atoms. The van der Waals surface area contributed by atoms with Crippen molar-refractivity contribution in [3.05, 3.63) is 16.3 Å². The van der Waals surface area contributed by atoms with E-state index in [-0.39, 0.29) is 11.9 Å². The van der Waals surface area contributed by atoms with Crippen molar-refractivity contribution in [2.45, 2.75) is 37.8 Å². The first-order chi connectivity index (χ1) is 7.68. The van der Waals surface area contributed by atoms with Crippen LogP contribution in [0.25, 0.3) is 0 Å². The Morgan fingerprint density at radius 2 is 2.31 bits per heavy atom. The largest absolute Gasteiger partial charge is 0.391 e. The molecule has 0 aromatic carbocycles. The third kappa shape index (κ3) is 2.13. The second-order valence-electron chi connectivity index (χ2n) is 3.99. The van der Waals surface area contributed by atoms with E-state index in [2.05, 4.69) is 15.5 Å². The normalized spacial score (nSPS) is 25.3. The van der Waals surface area contributed by atoms with E-state index >= 15 is 0 Å². The maximum absolute atomic E-state index is 10.6. The molecule has 7 nitrogen and oxygen atoms in total. The molecule has 2 rings (SSSR count). The fraction of sp³-hybridized carbons (Fsp3) is 0.667. The Balaban J connectivity index is 2.07. The predicted octanol–water partition coefficient (Wildman–Crippen LogP) is 1.03. The molecule has 0 radical (unpaired) electrons. The van der Waals surface area contributed by atoms with E-state index < -0.39 is 11.0 Å². The van der Waals surface area contributed by atoms with Crippen LogP contribution in [0, 0.1) is 10.1 Å². The van der Waals surface area contributed by atoms with E-state index in [9.17, 15) is 15.2 Å². The summed E-state index contributed by atoms with van der Waals surface area (Å²) >= 11 is 0. The maximum atomic E-state index is 10.6. The van der Waals surface area contributed by atoms with Crippen molar-refractivity contribution in [3.8, 4) is 0 Å². The molecule has 2 atom stereocenters. The molecular formula is C9H14N4O3. The minimum atomic E-state index is -0.523. The number of anilines is 1. The number of aromatic amines is 1. The number of aliphatic hydroxyl groups excluding tert-OH is 1. The van der Waals surface area contributed by atoms with Gasteiger partial charge in [-0.2, -0.15) is 0 Å². The van der Waals surface area contributed by atoms with Gasteiger partial charge in [0.25, 0.3) is 0 Å². The summed E-state index contributed by atoms with van der Waals surface area (Å²) in [5.41, 5.74) is 0.343. The van der Waals surface area contributed by atoms with Gasteiger partial charge in [0.05, 0.1) is 12.1 Å². The molecule has 1 fully saturated rings. The van der Waals surface area contributed by atoms with Crippen LogP contribution in [0.1, 0.15) is 25.7 Å². The molecule has 0 saturated heterocycles. The van der Waals surface area contributed by atoms with Gasteiger partial charge in [-0.1, -0.05) is 17.9 Å². The molecule has 1 aliphatic carbocycles. The van der Waals surface area contributed by atoms with Gasteiger partial charge in [0, 0.05) is 0 Å². The summed E-state index contributed by atoms with van der Waals surface area (Å²) < 4.78 is 0. The Hall–Kier alpha value is -1.63. The summed E-state index contributed by atoms with van der Waals surface area (Å²) in [7, 11) is 0. The maximum Gasteiger partial charge on any atom is 0.366 e. The van der Waals surface area contributed by atoms with Gasteiger partial charge in [0.15, 0.2) is 5.69 Å². The average molecular weight is 226 g/mol. The van der Waals surface area contributed by atoms with Crippen LogP contribution in [-0.4, -0.2) is 32.4 Å². The summed E-state index contributed by atoms with van der Waals surface area (Å²) in [4.78, 5) is 10.1. The molecule has 1 aliphatic rings. The molecule has 1 heterocycles. The Bertz CT molecular complexity index is 379. The van der Waals surface area contributed by atoms with Crippen LogP contribution < -0.4 is 5.32 Å². The number of nitrogens with one attached hydrogen (secondary N) is 2. The highest BCUT2D eigenvalue weighted by Crippen LogP contribution is 2.26. The highest BCUT2D eigenvalue weighted by Gasteiger charge is 2.25. The van der Waals surface area contributed by atoms with Crippen LogP contribution in [0.5, 0.6) is 0 Å². The van der Waals surface area contributed by atoms with Gasteiger partial charge in [-0.3, -0.25) is 0 Å². The smallest absolute Gasteiger partial charge is 0.366 e. The lowest BCUT2D eigenvalue weighted by Crippen LogP contribution is -2.36. The van der Waals surface area contributed by atoms with Crippen LogP contribution in [-0.2, 0) is 0 Å². The number of aromatic nitrogens is 2. The zero-order chi connectivity index (χ0) is 11.5. The zero-order valence-corrected chi connectivity index (χ0v) is 8.72. The Kier molecular flexibility index (Phi) is 3.04. The van der Waals surface area contributed by atoms with E-state index in [1.165, 1.54) is 6.20 Å². The molecule has 2 unspecified atom stereocenters. The third-order valence-electron chi connectivity index (χ3n) is 2.87. The van der Waals surface area contributed by atoms with Crippen molar-refractivity contribution in [3.63, 3.8) is 0 Å². The van der Waals surface area contributed by atoms with E-state index in [1.807, 2.05) is 0 Å². The van der Waals surface area contributed by atoms with Crippen molar-refractivity contribution in [1.29, 1.82) is 0 Å². The summed E-state index contributed by atoms with van der Waals surface area (Å²) in [5, 5.41) is 29.3. The lowest BCUT2D eigenvalue weighted by atomic mass is 9.92. The van der Waals surface area contributed by atoms with Crippen molar-refractivity contribution in [2.75, 3.05) is 5.32 Å². The first-order valence-electron chi connectivity index (χ1n) is 5.31. The SMILES string of the molecule is O=[N+]([O-])c1[nH]ncc1NC1CCCCC1O. The minimum Gasteiger partial charge on any atom is -0.391 e. The second kappa shape index (κ2) is 4.48. The molecule has 16 heavy (non-hydrogen) atoms. The molecule has 0 amide bonds. The first kappa shape index (κ1) is 10.9. The number of H-pyrrole nitrogens is 1. The number of aliphatic hydroxyl groups is 1. The number of hydrogen-bond acceptors (Lipinski definition) is 5. The average Bonchev–Trinajstić information content (AvgIpc) is 2.69. The Morgan fingerprint density at radius 1 is 1.56 bits per heavy atom. The van der Waals surface area contributed by atoms with Gasteiger partial charge in [-0.25, -0.2) is 0 Å². The molecule has 88 valence electrons. The molecule has 0 aliphatic heterocycles. The number of nitrogens with zero attached hydrogens (tertiary/aromatic N) is 2. The molecule has 7 heteroatoms. The summed E-state index contributed by atoms with van der Waals surface area (Å²) in [5.74, 6) is -0.155. The fourth-order valence-corrected chi connectivity index (χ4v) is 2.00. The van der Waals surface area contributed by atoms with Crippen molar-refractivity contribution in [1.82, 2.24) is 10.2 Å². The molecular weight excluding hydrogens is 212 g/mol. The van der Waals surface area contributed by atoms with E-state index in [4.69, 9.17) is 0 Å². The van der Waals surface area contributed by atoms with Gasteiger partial charge < -0.3 is 20.5 Å². The summed E-state index contributed by atoms with van der Waals surface area (Å²) in [6.45, 7) is 0. The molecule has 1 saturated carbocycles. The van der Waals surface area contributed by atoms with Crippen molar-refractivity contribution in [2.24, 2.45) is 0 Å². The van der Waals surface area contributed by atoms with Gasteiger partial charge in [0.1, 0.15) is 6.20 Å². The Morgan fingerprint density at radius 3 is 3.00 bits per heavy atom. The van der Waals surface area contributed by atoms with Crippen molar-refractivity contribution < 1.29 is 10.0 Å². The first-order valence-corrected chi connectivity index (χ1v) is 5.31. The molecule has 1 aromatic heterocycles. The monoisotopic (exact) mass is 226 g/mol. The van der Waals surface area contributed by atoms with Crippen LogP contribution >= 0.6 is 0 Å². The number of rotatable bonds is 3. The lowest BCUT2D eigenvalue weighted by Gasteiger charge is -2.28. The number of nitro groups is 1. The van der Waals surface area contributed by atoms with Crippen LogP contribution in [0.4, 0.5) is 11.5 Å².